The Morgan fingerprint density at radius 3 is 2.11 bits per heavy atom. The molecule has 1 N–H and O–H groups in total. The summed E-state index contributed by atoms with van der Waals surface area (Å²) in [7, 11) is -4.21. The number of hydrogen-bond donors (Lipinski definition) is 1. The standard InChI is InChI=1S/C35H38ClN3O4S/c1-3-4-23-37-35(41)33(24-28-16-7-5-8-17-28)38(25-29-18-12-11-15-27(29)2)34(40)26-39(32-22-14-13-21-31(32)36)44(42,43)30-19-9-6-10-20-30/h5-22,33H,3-4,23-26H2,1-2H3,(H,37,41). The lowest BCUT2D eigenvalue weighted by Crippen LogP contribution is -2.53. The lowest BCUT2D eigenvalue weighted by molar-refractivity contribution is -0.140. The van der Waals surface area contributed by atoms with Crippen molar-refractivity contribution in [3.05, 3.63) is 131 Å². The van der Waals surface area contributed by atoms with Crippen LogP contribution in [0, 0.1) is 6.92 Å². The van der Waals surface area contributed by atoms with Gasteiger partial charge in [-0.25, -0.2) is 8.42 Å². The van der Waals surface area contributed by atoms with Crippen molar-refractivity contribution in [2.75, 3.05) is 17.4 Å². The Hall–Kier alpha value is -4.14. The first-order valence-electron chi connectivity index (χ1n) is 14.7. The molecule has 0 fully saturated rings. The average Bonchev–Trinajstić information content (AvgIpc) is 3.03. The van der Waals surface area contributed by atoms with Crippen LogP contribution in [0.5, 0.6) is 0 Å². The maximum Gasteiger partial charge on any atom is 0.264 e. The first kappa shape index (κ1) is 32.8. The number of hydrogen-bond acceptors (Lipinski definition) is 4. The lowest BCUT2D eigenvalue weighted by atomic mass is 10.0. The lowest BCUT2D eigenvalue weighted by Gasteiger charge is -2.34. The van der Waals surface area contributed by atoms with Crippen LogP contribution in [-0.2, 0) is 32.6 Å². The molecular formula is C35H38ClN3O4S. The average molecular weight is 632 g/mol. The molecule has 4 aromatic rings. The number of benzene rings is 4. The summed E-state index contributed by atoms with van der Waals surface area (Å²) in [5.74, 6) is -0.821. The number of nitrogens with one attached hydrogen (secondary N) is 1. The zero-order chi connectivity index (χ0) is 31.5. The molecule has 0 saturated carbocycles. The van der Waals surface area contributed by atoms with Gasteiger partial charge in [-0.3, -0.25) is 13.9 Å². The van der Waals surface area contributed by atoms with Gasteiger partial charge in [0.2, 0.25) is 11.8 Å². The number of anilines is 1. The van der Waals surface area contributed by atoms with Crippen molar-refractivity contribution in [3.8, 4) is 0 Å². The third-order valence-corrected chi connectivity index (χ3v) is 9.53. The van der Waals surface area contributed by atoms with Gasteiger partial charge in [0.1, 0.15) is 12.6 Å². The fourth-order valence-electron chi connectivity index (χ4n) is 4.92. The van der Waals surface area contributed by atoms with Gasteiger partial charge in [-0.15, -0.1) is 0 Å². The zero-order valence-corrected chi connectivity index (χ0v) is 26.6. The van der Waals surface area contributed by atoms with Crippen LogP contribution in [0.4, 0.5) is 5.69 Å². The number of carbonyl (C=O) groups excluding carboxylic acids is 2. The molecule has 44 heavy (non-hydrogen) atoms. The maximum atomic E-state index is 14.5. The van der Waals surface area contributed by atoms with Crippen molar-refractivity contribution < 1.29 is 18.0 Å². The minimum atomic E-state index is -4.21. The molecule has 4 rings (SSSR count). The Balaban J connectivity index is 1.80. The number of amides is 2. The summed E-state index contributed by atoms with van der Waals surface area (Å²) < 4.78 is 29.1. The normalized spacial score (nSPS) is 11.9. The number of nitrogens with zero attached hydrogens (tertiary/aromatic N) is 2. The zero-order valence-electron chi connectivity index (χ0n) is 25.0. The minimum absolute atomic E-state index is 0.0244. The SMILES string of the molecule is CCCCNC(=O)C(Cc1ccccc1)N(Cc1ccccc1C)C(=O)CN(c1ccccc1Cl)S(=O)(=O)c1ccccc1. The molecule has 0 aliphatic rings. The molecule has 0 bridgehead atoms. The van der Waals surface area contributed by atoms with Crippen LogP contribution >= 0.6 is 11.6 Å². The number of rotatable bonds is 14. The summed E-state index contributed by atoms with van der Waals surface area (Å²) in [5.41, 5.74) is 2.87. The molecule has 7 nitrogen and oxygen atoms in total. The van der Waals surface area contributed by atoms with Crippen LogP contribution in [0.25, 0.3) is 0 Å². The van der Waals surface area contributed by atoms with Crippen molar-refractivity contribution in [1.29, 1.82) is 0 Å². The highest BCUT2D eigenvalue weighted by Gasteiger charge is 2.35. The second-order valence-electron chi connectivity index (χ2n) is 10.6. The van der Waals surface area contributed by atoms with Gasteiger partial charge in [-0.2, -0.15) is 0 Å². The van der Waals surface area contributed by atoms with Crippen molar-refractivity contribution in [1.82, 2.24) is 10.2 Å². The van der Waals surface area contributed by atoms with Crippen molar-refractivity contribution in [2.45, 2.75) is 50.6 Å². The second-order valence-corrected chi connectivity index (χ2v) is 12.8. The molecule has 0 heterocycles. The van der Waals surface area contributed by atoms with E-state index in [2.05, 4.69) is 5.32 Å². The monoisotopic (exact) mass is 631 g/mol. The fourth-order valence-corrected chi connectivity index (χ4v) is 6.66. The molecule has 0 saturated heterocycles. The van der Waals surface area contributed by atoms with E-state index in [1.165, 1.54) is 17.0 Å². The highest BCUT2D eigenvalue weighted by atomic mass is 35.5. The van der Waals surface area contributed by atoms with E-state index in [9.17, 15) is 18.0 Å². The number of aryl methyl sites for hydroxylation is 1. The summed E-state index contributed by atoms with van der Waals surface area (Å²) in [6.45, 7) is 4.02. The molecule has 2 amide bonds. The van der Waals surface area contributed by atoms with Gasteiger partial charge in [-0.05, 0) is 54.3 Å². The Morgan fingerprint density at radius 1 is 0.841 bits per heavy atom. The van der Waals surface area contributed by atoms with E-state index in [1.54, 1.807) is 42.5 Å². The molecule has 1 unspecified atom stereocenters. The molecule has 0 aromatic heterocycles. The van der Waals surface area contributed by atoms with Crippen LogP contribution in [0.1, 0.15) is 36.5 Å². The molecular weight excluding hydrogens is 594 g/mol. The van der Waals surface area contributed by atoms with E-state index >= 15 is 0 Å². The summed E-state index contributed by atoms with van der Waals surface area (Å²) in [6.07, 6.45) is 1.96. The van der Waals surface area contributed by atoms with Gasteiger partial charge in [0.05, 0.1) is 15.6 Å². The Morgan fingerprint density at radius 2 is 1.45 bits per heavy atom. The summed E-state index contributed by atoms with van der Waals surface area (Å²) in [6, 6.07) is 30.7. The molecule has 230 valence electrons. The number of halogens is 1. The van der Waals surface area contributed by atoms with Crippen molar-refractivity contribution in [3.63, 3.8) is 0 Å². The quantitative estimate of drug-likeness (QED) is 0.163. The van der Waals surface area contributed by atoms with Gasteiger partial charge in [0.25, 0.3) is 10.0 Å². The number of sulfonamides is 1. The number of carbonyl (C=O) groups is 2. The van der Waals surface area contributed by atoms with Gasteiger partial charge in [0, 0.05) is 19.5 Å². The van der Waals surface area contributed by atoms with Crippen LogP contribution in [0.15, 0.2) is 114 Å². The molecule has 0 spiro atoms. The third-order valence-electron chi connectivity index (χ3n) is 7.43. The Bertz CT molecular complexity index is 1650. The molecule has 4 aromatic carbocycles. The first-order chi connectivity index (χ1) is 21.2. The smallest absolute Gasteiger partial charge is 0.264 e. The molecule has 0 aliphatic carbocycles. The first-order valence-corrected chi connectivity index (χ1v) is 16.5. The molecule has 0 radical (unpaired) electrons. The van der Waals surface area contributed by atoms with Gasteiger partial charge >= 0.3 is 0 Å². The molecule has 1 atom stereocenters. The van der Waals surface area contributed by atoms with Crippen LogP contribution in [0.3, 0.4) is 0 Å². The third kappa shape index (κ3) is 8.27. The Labute approximate surface area is 265 Å². The largest absolute Gasteiger partial charge is 0.354 e. The minimum Gasteiger partial charge on any atom is -0.354 e. The van der Waals surface area contributed by atoms with E-state index in [0.717, 1.165) is 33.8 Å². The number of unbranched alkanes of at least 4 members (excludes halogenated alkanes) is 1. The van der Waals surface area contributed by atoms with Gasteiger partial charge in [-0.1, -0.05) is 110 Å². The van der Waals surface area contributed by atoms with E-state index < -0.39 is 28.5 Å². The summed E-state index contributed by atoms with van der Waals surface area (Å²) >= 11 is 6.52. The molecule has 0 aliphatic heterocycles. The van der Waals surface area contributed by atoms with E-state index in [1.807, 2.05) is 68.4 Å². The van der Waals surface area contributed by atoms with Crippen molar-refractivity contribution >= 4 is 39.1 Å². The highest BCUT2D eigenvalue weighted by Crippen LogP contribution is 2.31. The van der Waals surface area contributed by atoms with E-state index in [0.29, 0.717) is 6.54 Å². The predicted octanol–water partition coefficient (Wildman–Crippen LogP) is 6.40. The van der Waals surface area contributed by atoms with Crippen molar-refractivity contribution in [2.24, 2.45) is 0 Å². The fraction of sp³-hybridized carbons (Fsp3) is 0.257. The summed E-state index contributed by atoms with van der Waals surface area (Å²) in [5, 5.41) is 3.19. The van der Waals surface area contributed by atoms with Crippen LogP contribution in [0.2, 0.25) is 5.02 Å². The van der Waals surface area contributed by atoms with Gasteiger partial charge < -0.3 is 10.2 Å². The number of para-hydroxylation sites is 1. The Kier molecular flexibility index (Phi) is 11.6. The van der Waals surface area contributed by atoms with Crippen LogP contribution in [-0.4, -0.2) is 44.3 Å². The van der Waals surface area contributed by atoms with Crippen LogP contribution < -0.4 is 9.62 Å². The second kappa shape index (κ2) is 15.5. The van der Waals surface area contributed by atoms with E-state index in [4.69, 9.17) is 11.6 Å². The van der Waals surface area contributed by atoms with E-state index in [-0.39, 0.29) is 34.5 Å². The predicted molar refractivity (Wildman–Crippen MR) is 176 cm³/mol. The highest BCUT2D eigenvalue weighted by molar-refractivity contribution is 7.92. The summed E-state index contributed by atoms with van der Waals surface area (Å²) in [4.78, 5) is 29.8. The topological polar surface area (TPSA) is 86.8 Å². The molecule has 9 heteroatoms. The maximum absolute atomic E-state index is 14.5. The van der Waals surface area contributed by atoms with Gasteiger partial charge in [0.15, 0.2) is 0 Å².